The van der Waals surface area contributed by atoms with Crippen LogP contribution in [0.2, 0.25) is 0 Å². The van der Waals surface area contributed by atoms with Crippen molar-refractivity contribution in [2.75, 3.05) is 19.6 Å². The van der Waals surface area contributed by atoms with E-state index < -0.39 is 5.97 Å². The molecule has 0 atom stereocenters. The van der Waals surface area contributed by atoms with Crippen molar-refractivity contribution in [1.29, 1.82) is 0 Å². The number of rotatable bonds is 18. The zero-order chi connectivity index (χ0) is 18.6. The Bertz CT molecular complexity index is 324. The maximum absolute atomic E-state index is 11.0. The molecule has 3 heteroatoms. The Hall–Kier alpha value is -1.09. The summed E-state index contributed by atoms with van der Waals surface area (Å²) < 4.78 is 0. The summed E-state index contributed by atoms with van der Waals surface area (Å²) in [5.41, 5.74) is 0. The topological polar surface area (TPSA) is 40.5 Å². The van der Waals surface area contributed by atoms with E-state index in [1.54, 1.807) is 0 Å². The predicted octanol–water partition coefficient (Wildman–Crippen LogP) is 6.21. The number of aliphatic carboxylic acids is 1. The lowest BCUT2D eigenvalue weighted by atomic mass is 10.1. The summed E-state index contributed by atoms with van der Waals surface area (Å²) >= 11 is 0. The van der Waals surface area contributed by atoms with E-state index in [2.05, 4.69) is 38.2 Å². The standard InChI is InChI=1S/C22H41NO2/c1-3-5-7-9-11-13-15-17-19-23(21-22(24)25)20-18-16-14-12-10-8-6-4-2/h13-16H,3-12,17-21H2,1-2H3,(H,24,25)/b15-13+,16-14+. The van der Waals surface area contributed by atoms with Gasteiger partial charge in [0.05, 0.1) is 6.54 Å². The molecule has 0 aliphatic carbocycles. The summed E-state index contributed by atoms with van der Waals surface area (Å²) in [6.07, 6.45) is 23.5. The third kappa shape index (κ3) is 19.1. The normalized spacial score (nSPS) is 12.0. The minimum absolute atomic E-state index is 0.147. The first-order chi connectivity index (χ1) is 12.2. The van der Waals surface area contributed by atoms with E-state index >= 15 is 0 Å². The number of hydrogen-bond acceptors (Lipinski definition) is 2. The summed E-state index contributed by atoms with van der Waals surface area (Å²) in [5, 5.41) is 9.05. The predicted molar refractivity (Wildman–Crippen MR) is 109 cm³/mol. The second-order valence-corrected chi connectivity index (χ2v) is 6.89. The van der Waals surface area contributed by atoms with Crippen molar-refractivity contribution < 1.29 is 9.90 Å². The number of carbonyl (C=O) groups is 1. The van der Waals surface area contributed by atoms with E-state index in [9.17, 15) is 4.79 Å². The monoisotopic (exact) mass is 351 g/mol. The van der Waals surface area contributed by atoms with E-state index in [1.807, 2.05) is 4.90 Å². The second kappa shape index (κ2) is 19.2. The lowest BCUT2D eigenvalue weighted by Gasteiger charge is -2.18. The van der Waals surface area contributed by atoms with Gasteiger partial charge in [0.15, 0.2) is 0 Å². The van der Waals surface area contributed by atoms with Crippen molar-refractivity contribution in [2.45, 2.75) is 90.9 Å². The van der Waals surface area contributed by atoms with Crippen LogP contribution < -0.4 is 0 Å². The molecule has 1 N–H and O–H groups in total. The van der Waals surface area contributed by atoms with E-state index in [0.717, 1.165) is 38.8 Å². The zero-order valence-corrected chi connectivity index (χ0v) is 16.7. The van der Waals surface area contributed by atoms with Gasteiger partial charge in [0.25, 0.3) is 0 Å². The van der Waals surface area contributed by atoms with Gasteiger partial charge < -0.3 is 5.11 Å². The first-order valence-electron chi connectivity index (χ1n) is 10.4. The van der Waals surface area contributed by atoms with Crippen LogP contribution in [0.4, 0.5) is 0 Å². The van der Waals surface area contributed by atoms with E-state index in [4.69, 9.17) is 5.11 Å². The van der Waals surface area contributed by atoms with Crippen molar-refractivity contribution in [2.24, 2.45) is 0 Å². The molecule has 0 fully saturated rings. The van der Waals surface area contributed by atoms with Crippen LogP contribution in [0.15, 0.2) is 24.3 Å². The van der Waals surface area contributed by atoms with Gasteiger partial charge in [-0.1, -0.05) is 76.7 Å². The Morgan fingerprint density at radius 3 is 1.56 bits per heavy atom. The van der Waals surface area contributed by atoms with Gasteiger partial charge in [-0.2, -0.15) is 0 Å². The van der Waals surface area contributed by atoms with Crippen molar-refractivity contribution in [3.05, 3.63) is 24.3 Å². The Kier molecular flexibility index (Phi) is 18.4. The molecule has 0 rings (SSSR count). The van der Waals surface area contributed by atoms with Gasteiger partial charge >= 0.3 is 5.97 Å². The number of carboxylic acid groups (broad SMARTS) is 1. The van der Waals surface area contributed by atoms with Crippen LogP contribution in [0.1, 0.15) is 90.9 Å². The lowest BCUT2D eigenvalue weighted by molar-refractivity contribution is -0.138. The van der Waals surface area contributed by atoms with Crippen molar-refractivity contribution in [1.82, 2.24) is 4.90 Å². The van der Waals surface area contributed by atoms with Crippen LogP contribution in [-0.4, -0.2) is 35.6 Å². The Morgan fingerprint density at radius 1 is 0.720 bits per heavy atom. The average Bonchev–Trinajstić information content (AvgIpc) is 2.58. The molecule has 0 unspecified atom stereocenters. The van der Waals surface area contributed by atoms with Gasteiger partial charge in [-0.15, -0.1) is 0 Å². The Balaban J connectivity index is 3.83. The molecular formula is C22H41NO2. The summed E-state index contributed by atoms with van der Waals surface area (Å²) in [5.74, 6) is -0.730. The molecule has 25 heavy (non-hydrogen) atoms. The molecule has 0 aromatic rings. The van der Waals surface area contributed by atoms with Crippen molar-refractivity contribution in [3.8, 4) is 0 Å². The van der Waals surface area contributed by atoms with Gasteiger partial charge in [-0.05, 0) is 38.5 Å². The van der Waals surface area contributed by atoms with Crippen LogP contribution in [0, 0.1) is 0 Å². The molecule has 3 nitrogen and oxygen atoms in total. The van der Waals surface area contributed by atoms with Crippen LogP contribution in [0.3, 0.4) is 0 Å². The SMILES string of the molecule is CCCCCC/C=C/CCN(CC/C=C/CCCCCC)CC(=O)O. The second-order valence-electron chi connectivity index (χ2n) is 6.89. The van der Waals surface area contributed by atoms with Gasteiger partial charge in [-0.3, -0.25) is 9.69 Å². The molecule has 0 heterocycles. The van der Waals surface area contributed by atoms with E-state index in [1.165, 1.54) is 51.4 Å². The highest BCUT2D eigenvalue weighted by Crippen LogP contribution is 2.05. The third-order valence-electron chi connectivity index (χ3n) is 4.36. The van der Waals surface area contributed by atoms with E-state index in [-0.39, 0.29) is 6.54 Å². The molecule has 0 saturated carbocycles. The Labute approximate surface area is 156 Å². The van der Waals surface area contributed by atoms with Crippen LogP contribution >= 0.6 is 0 Å². The van der Waals surface area contributed by atoms with Gasteiger partial charge in [-0.25, -0.2) is 0 Å². The fraction of sp³-hybridized carbons (Fsp3) is 0.773. The largest absolute Gasteiger partial charge is 0.480 e. The number of carboxylic acids is 1. The highest BCUT2D eigenvalue weighted by molar-refractivity contribution is 5.69. The third-order valence-corrected chi connectivity index (χ3v) is 4.36. The quantitative estimate of drug-likeness (QED) is 0.236. The van der Waals surface area contributed by atoms with Gasteiger partial charge in [0.2, 0.25) is 0 Å². The van der Waals surface area contributed by atoms with E-state index in [0.29, 0.717) is 0 Å². The number of nitrogens with zero attached hydrogens (tertiary/aromatic N) is 1. The molecule has 0 amide bonds. The van der Waals surface area contributed by atoms with Crippen molar-refractivity contribution in [3.63, 3.8) is 0 Å². The minimum Gasteiger partial charge on any atom is -0.480 e. The summed E-state index contributed by atoms with van der Waals surface area (Å²) in [6.45, 7) is 6.28. The molecule has 0 radical (unpaired) electrons. The van der Waals surface area contributed by atoms with Crippen LogP contribution in [-0.2, 0) is 4.79 Å². The lowest BCUT2D eigenvalue weighted by Crippen LogP contribution is -2.31. The van der Waals surface area contributed by atoms with Gasteiger partial charge in [0.1, 0.15) is 0 Å². The molecule has 0 aromatic carbocycles. The summed E-state index contributed by atoms with van der Waals surface area (Å²) in [7, 11) is 0. The molecule has 0 aliphatic rings. The molecule has 0 saturated heterocycles. The zero-order valence-electron chi connectivity index (χ0n) is 16.7. The molecule has 0 aromatic heterocycles. The molecule has 146 valence electrons. The molecule has 0 bridgehead atoms. The fourth-order valence-electron chi connectivity index (χ4n) is 2.82. The maximum atomic E-state index is 11.0. The number of unbranched alkanes of at least 4 members (excludes halogenated alkanes) is 8. The molecule has 0 aliphatic heterocycles. The Morgan fingerprint density at radius 2 is 1.16 bits per heavy atom. The number of allylic oxidation sites excluding steroid dienone is 2. The van der Waals surface area contributed by atoms with Gasteiger partial charge in [0, 0.05) is 13.1 Å². The maximum Gasteiger partial charge on any atom is 0.317 e. The van der Waals surface area contributed by atoms with Crippen molar-refractivity contribution >= 4 is 5.97 Å². The first-order valence-corrected chi connectivity index (χ1v) is 10.4. The fourth-order valence-corrected chi connectivity index (χ4v) is 2.82. The molecule has 0 spiro atoms. The number of hydrogen-bond donors (Lipinski definition) is 1. The van der Waals surface area contributed by atoms with Crippen LogP contribution in [0.25, 0.3) is 0 Å². The molecular weight excluding hydrogens is 310 g/mol. The highest BCUT2D eigenvalue weighted by Gasteiger charge is 2.07. The minimum atomic E-state index is -0.730. The summed E-state index contributed by atoms with van der Waals surface area (Å²) in [6, 6.07) is 0. The highest BCUT2D eigenvalue weighted by atomic mass is 16.4. The smallest absolute Gasteiger partial charge is 0.317 e. The van der Waals surface area contributed by atoms with Crippen LogP contribution in [0.5, 0.6) is 0 Å². The first kappa shape index (κ1) is 23.9. The summed E-state index contributed by atoms with van der Waals surface area (Å²) in [4.78, 5) is 13.0. The average molecular weight is 352 g/mol.